The van der Waals surface area contributed by atoms with Gasteiger partial charge in [0.25, 0.3) is 11.1 Å². The van der Waals surface area contributed by atoms with Crippen molar-refractivity contribution in [3.63, 3.8) is 0 Å². The standard InChI is InChI=1S/C36H22N4S.C21H14BrNOS.C21H12BrNS.C15H12BN3O2.C14H11NS.C7H4BrClO/c1-3-12-23(13-4-1)34-38-35(24-14-5-2-6-15-24)40-36(39-34)26-17-11-16-25(22-26)32-33-31(27-18-7-9-20-29(27)37-32)28-19-8-10-21-30(28)41-33;22-15-7-5-6-14(12-15)21(24)23-19-10-3-1-8-16(19)18-13-25-20-11-4-2-9-17(18)20;22-14-7-5-6-13(12-14)20-21-19(15-8-1-3-10-17(15)23-20)16-9-2-4-11-18(16)24-21;20-16(21)15-18-13(11-7-3-1-4-8-11)17-14(19-15)12-9-5-2-6-10-12;15-13-7-3-1-5-10(13)12-9-16-14-8-4-2-6-11(12)14;8-6-3-1-2-5(4-6)7(9)10/h1-22H;1-13H,(H,23,24);1-12H;1-10,20-21H;1-9H,15H2;1-4H. The maximum atomic E-state index is 12.6. The summed E-state index contributed by atoms with van der Waals surface area (Å²) in [7, 11) is -1.74. The van der Waals surface area contributed by atoms with Gasteiger partial charge in [-0.2, -0.15) is 0 Å². The predicted octanol–water partition coefficient (Wildman–Crippen LogP) is 30.9. The second kappa shape index (κ2) is 42.5. The number of nitrogens with one attached hydrogen (secondary N) is 1. The molecule has 16 aromatic carbocycles. The lowest BCUT2D eigenvalue weighted by Gasteiger charge is -2.11. The SMILES string of the molecule is Brc1cccc(-c2nc3ccccc3c3c2sc2ccccc23)c1.Nc1ccccc1-c1csc2ccccc12.O=C(Cl)c1cccc(Br)c1.O=C(Nc1ccccc1-c1csc2ccccc12)c1cccc(Br)c1.OB(O)c1nc(-c2ccccc2)nc(-c2ccccc2)n1.c1ccc(-c2nc(-c3ccccc3)nc(-c3cccc(-c4nc5ccccc5c5c4sc4ccccc45)c3)n2)cc1. The van der Waals surface area contributed by atoms with E-state index in [4.69, 9.17) is 42.3 Å². The van der Waals surface area contributed by atoms with Crippen LogP contribution in [0.5, 0.6) is 0 Å². The second-order valence-electron chi connectivity index (χ2n) is 31.3. The Balaban J connectivity index is 0.000000110. The van der Waals surface area contributed by atoms with Crippen molar-refractivity contribution in [2.24, 2.45) is 0 Å². The number of thiophene rings is 4. The first-order valence-electron chi connectivity index (χ1n) is 43.4. The zero-order valence-corrected chi connectivity index (χ0v) is 81.3. The number of para-hydroxylation sites is 4. The van der Waals surface area contributed by atoms with E-state index in [9.17, 15) is 19.6 Å². The van der Waals surface area contributed by atoms with Crippen LogP contribution in [0.1, 0.15) is 20.7 Å². The molecule has 0 aliphatic carbocycles. The Bertz CT molecular complexity index is 8420. The van der Waals surface area contributed by atoms with Gasteiger partial charge >= 0.3 is 7.12 Å². The van der Waals surface area contributed by atoms with Crippen molar-refractivity contribution in [1.82, 2.24) is 39.9 Å². The third-order valence-corrected chi connectivity index (χ3v) is 28.4. The topological polar surface area (TPSA) is 216 Å². The Morgan fingerprint density at radius 2 is 0.650 bits per heavy atom. The van der Waals surface area contributed by atoms with Crippen LogP contribution in [0.2, 0.25) is 0 Å². The van der Waals surface area contributed by atoms with Crippen LogP contribution in [0.25, 0.3) is 184 Å². The number of nitrogens with two attached hydrogens (primary N) is 1. The van der Waals surface area contributed by atoms with E-state index in [0.29, 0.717) is 40.2 Å². The first-order valence-corrected chi connectivity index (χ1v) is 49.6. The smallest absolute Gasteiger partial charge is 0.421 e. The fraction of sp³-hybridized carbons (Fsp3) is 0. The molecule has 0 saturated carbocycles. The molecule has 24 aromatic rings. The lowest BCUT2D eigenvalue weighted by molar-refractivity contribution is 0.102. The number of amides is 1. The molecule has 0 radical (unpaired) electrons. The van der Waals surface area contributed by atoms with Crippen LogP contribution in [0.15, 0.2) is 437 Å². The van der Waals surface area contributed by atoms with Crippen LogP contribution < -0.4 is 16.8 Å². The Labute approximate surface area is 834 Å². The van der Waals surface area contributed by atoms with Gasteiger partial charge in [0.05, 0.1) is 31.8 Å². The van der Waals surface area contributed by atoms with Crippen LogP contribution in [-0.2, 0) is 0 Å². The molecular weight excluding hydrogens is 1990 g/mol. The lowest BCUT2D eigenvalue weighted by Crippen LogP contribution is -2.36. The number of pyridine rings is 2. The van der Waals surface area contributed by atoms with Crippen LogP contribution in [0.4, 0.5) is 11.4 Å². The molecular formula is C114H75BBr3ClN10O4S4. The number of carbonyl (C=O) groups is 2. The maximum Gasteiger partial charge on any atom is 0.528 e. The average molecular weight is 2060 g/mol. The molecule has 5 N–H and O–H groups in total. The lowest BCUT2D eigenvalue weighted by atomic mass is 9.90. The molecule has 23 heteroatoms. The van der Waals surface area contributed by atoms with Gasteiger partial charge < -0.3 is 21.1 Å². The largest absolute Gasteiger partial charge is 0.528 e. The van der Waals surface area contributed by atoms with Crippen LogP contribution in [0.3, 0.4) is 0 Å². The first-order chi connectivity index (χ1) is 67.1. The number of hydrogen-bond acceptors (Lipinski definition) is 17. The number of rotatable bonds is 13. The normalized spacial score (nSPS) is 10.9. The summed E-state index contributed by atoms with van der Waals surface area (Å²) in [6.07, 6.45) is 0. The molecule has 137 heavy (non-hydrogen) atoms. The first kappa shape index (κ1) is 91.5. The molecule has 8 heterocycles. The summed E-state index contributed by atoms with van der Waals surface area (Å²) in [5, 5.41) is 35.7. The van der Waals surface area contributed by atoms with Crippen molar-refractivity contribution in [2.45, 2.75) is 0 Å². The van der Waals surface area contributed by atoms with Crippen LogP contribution in [-0.4, -0.2) is 68.2 Å². The van der Waals surface area contributed by atoms with Gasteiger partial charge in [-0.3, -0.25) is 9.59 Å². The summed E-state index contributed by atoms with van der Waals surface area (Å²) >= 11 is 22.5. The van der Waals surface area contributed by atoms with Gasteiger partial charge in [-0.15, -0.1) is 45.3 Å². The summed E-state index contributed by atoms with van der Waals surface area (Å²) in [6.45, 7) is 0. The van der Waals surface area contributed by atoms with Crippen LogP contribution in [0, 0.1) is 0 Å². The van der Waals surface area contributed by atoms with E-state index in [2.05, 4.69) is 261 Å². The number of hydrogen-bond donors (Lipinski definition) is 4. The zero-order valence-electron chi connectivity index (χ0n) is 72.5. The van der Waals surface area contributed by atoms with E-state index >= 15 is 0 Å². The molecule has 1 amide bonds. The molecule has 0 atom stereocenters. The Morgan fingerprint density at radius 3 is 1.10 bits per heavy atom. The molecule has 24 rings (SSSR count). The van der Waals surface area contributed by atoms with E-state index < -0.39 is 12.4 Å². The van der Waals surface area contributed by atoms with Gasteiger partial charge in [0.1, 0.15) is 0 Å². The number of aromatic nitrogens is 8. The summed E-state index contributed by atoms with van der Waals surface area (Å²) < 4.78 is 10.4. The minimum atomic E-state index is -1.74. The number of fused-ring (bicyclic) bond motifs is 12. The predicted molar refractivity (Wildman–Crippen MR) is 583 cm³/mol. The summed E-state index contributed by atoms with van der Waals surface area (Å²) in [6, 6.07) is 137. The number of anilines is 2. The molecule has 0 bridgehead atoms. The molecule has 0 saturated heterocycles. The van der Waals surface area contributed by atoms with Crippen LogP contribution >= 0.6 is 105 Å². The molecule has 660 valence electrons. The molecule has 0 unspecified atom stereocenters. The van der Waals surface area contributed by atoms with Crippen molar-refractivity contribution in [1.29, 1.82) is 0 Å². The molecule has 0 spiro atoms. The monoisotopic (exact) mass is 2060 g/mol. The third kappa shape index (κ3) is 20.9. The van der Waals surface area contributed by atoms with Gasteiger partial charge in [0.15, 0.2) is 34.8 Å². The van der Waals surface area contributed by atoms with Gasteiger partial charge in [0, 0.05) is 159 Å². The highest BCUT2D eigenvalue weighted by molar-refractivity contribution is 9.11. The summed E-state index contributed by atoms with van der Waals surface area (Å²) in [5.74, 6) is 2.63. The summed E-state index contributed by atoms with van der Waals surface area (Å²) in [4.78, 5) is 60.7. The Kier molecular flexibility index (Phi) is 28.4. The number of benzene rings is 16. The number of nitrogen functional groups attached to an aromatic ring is 1. The van der Waals surface area contributed by atoms with Crippen molar-refractivity contribution < 1.29 is 19.6 Å². The zero-order chi connectivity index (χ0) is 93.7. The van der Waals surface area contributed by atoms with E-state index in [1.165, 1.54) is 76.9 Å². The molecule has 0 aliphatic heterocycles. The van der Waals surface area contributed by atoms with E-state index in [-0.39, 0.29) is 11.6 Å². The van der Waals surface area contributed by atoms with Gasteiger partial charge in [-0.25, -0.2) is 39.9 Å². The van der Waals surface area contributed by atoms with E-state index in [1.54, 1.807) is 52.2 Å². The molecule has 14 nitrogen and oxygen atoms in total. The molecule has 8 aromatic heterocycles. The highest BCUT2D eigenvalue weighted by Gasteiger charge is 2.24. The fourth-order valence-electron chi connectivity index (χ4n) is 16.0. The molecule has 0 fully saturated rings. The highest BCUT2D eigenvalue weighted by atomic mass is 79.9. The number of halogens is 4. The average Bonchev–Trinajstić information content (AvgIpc) is 1.60. The second-order valence-corrected chi connectivity index (χ2v) is 38.3. The van der Waals surface area contributed by atoms with E-state index in [0.717, 1.165) is 103 Å². The number of carbonyl (C=O) groups excluding carboxylic acids is 2. The van der Waals surface area contributed by atoms with Crippen molar-refractivity contribution >= 4 is 222 Å². The van der Waals surface area contributed by atoms with Crippen molar-refractivity contribution in [3.8, 4) is 102 Å². The maximum absolute atomic E-state index is 12.6. The minimum Gasteiger partial charge on any atom is -0.421 e. The summed E-state index contributed by atoms with van der Waals surface area (Å²) in [5.41, 5.74) is 23.9. The van der Waals surface area contributed by atoms with Gasteiger partial charge in [-0.05, 0) is 119 Å². The Morgan fingerprint density at radius 1 is 0.307 bits per heavy atom. The van der Waals surface area contributed by atoms with Gasteiger partial charge in [0.2, 0.25) is 0 Å². The highest BCUT2D eigenvalue weighted by Crippen LogP contribution is 2.47. The third-order valence-electron chi connectivity index (χ3n) is 22.4. The van der Waals surface area contributed by atoms with Crippen molar-refractivity contribution in [3.05, 3.63) is 448 Å². The van der Waals surface area contributed by atoms with Gasteiger partial charge in [-0.1, -0.05) is 363 Å². The fourth-order valence-corrected chi connectivity index (χ4v) is 21.6. The minimum absolute atomic E-state index is 0.0669. The quantitative estimate of drug-likeness (QED) is 0.0481. The number of nitrogens with zero attached hydrogens (tertiary/aromatic N) is 8. The Hall–Kier alpha value is -14.6. The molecule has 0 aliphatic rings. The van der Waals surface area contributed by atoms with E-state index in [1.807, 2.05) is 224 Å². The van der Waals surface area contributed by atoms with Crippen molar-refractivity contribution in [2.75, 3.05) is 11.1 Å².